The standard InChI is InChI=1S/C13H23NO/c1-10(2)13(3)8-4-5-11(9-13)6-7-12(14)15/h6-7,10-11H,4-5,8-9H2,1-3H3,(H2,14,15). The summed E-state index contributed by atoms with van der Waals surface area (Å²) in [5.41, 5.74) is 5.55. The number of hydrogen-bond acceptors (Lipinski definition) is 1. The Kier molecular flexibility index (Phi) is 3.95. The van der Waals surface area contributed by atoms with Crippen LogP contribution in [0.4, 0.5) is 0 Å². The first kappa shape index (κ1) is 12.3. The third kappa shape index (κ3) is 3.37. The van der Waals surface area contributed by atoms with Crippen LogP contribution in [0.25, 0.3) is 0 Å². The molecule has 0 aliphatic heterocycles. The smallest absolute Gasteiger partial charge is 0.241 e. The van der Waals surface area contributed by atoms with E-state index in [2.05, 4.69) is 20.8 Å². The van der Waals surface area contributed by atoms with Crippen molar-refractivity contribution >= 4 is 5.91 Å². The Balaban J connectivity index is 2.60. The normalized spacial score (nSPS) is 32.4. The molecule has 2 heteroatoms. The van der Waals surface area contributed by atoms with Gasteiger partial charge in [0.15, 0.2) is 0 Å². The van der Waals surface area contributed by atoms with Gasteiger partial charge >= 0.3 is 0 Å². The first-order chi connectivity index (χ1) is 6.94. The molecule has 1 saturated carbocycles. The molecule has 0 aromatic rings. The van der Waals surface area contributed by atoms with Gasteiger partial charge in [0.1, 0.15) is 0 Å². The molecule has 2 nitrogen and oxygen atoms in total. The fraction of sp³-hybridized carbons (Fsp3) is 0.769. The molecule has 0 aromatic heterocycles. The lowest BCUT2D eigenvalue weighted by Crippen LogP contribution is -2.30. The number of carbonyl (C=O) groups excluding carboxylic acids is 1. The van der Waals surface area contributed by atoms with Crippen molar-refractivity contribution < 1.29 is 4.79 Å². The van der Waals surface area contributed by atoms with Gasteiger partial charge in [-0.05, 0) is 42.6 Å². The lowest BCUT2D eigenvalue weighted by molar-refractivity contribution is -0.113. The summed E-state index contributed by atoms with van der Waals surface area (Å²) < 4.78 is 0. The van der Waals surface area contributed by atoms with E-state index in [0.717, 1.165) is 0 Å². The Bertz CT molecular complexity index is 257. The molecule has 1 aliphatic carbocycles. The first-order valence-corrected chi connectivity index (χ1v) is 5.92. The Morgan fingerprint density at radius 1 is 1.53 bits per heavy atom. The van der Waals surface area contributed by atoms with Gasteiger partial charge in [0.05, 0.1) is 0 Å². The van der Waals surface area contributed by atoms with Crippen LogP contribution in [-0.4, -0.2) is 5.91 Å². The molecule has 2 unspecified atom stereocenters. The summed E-state index contributed by atoms with van der Waals surface area (Å²) in [6, 6.07) is 0. The van der Waals surface area contributed by atoms with Crippen molar-refractivity contribution in [1.29, 1.82) is 0 Å². The molecule has 0 spiro atoms. The number of allylic oxidation sites excluding steroid dienone is 1. The van der Waals surface area contributed by atoms with Crippen molar-refractivity contribution in [3.8, 4) is 0 Å². The monoisotopic (exact) mass is 209 g/mol. The van der Waals surface area contributed by atoms with Crippen LogP contribution >= 0.6 is 0 Å². The third-order valence-electron chi connectivity index (χ3n) is 3.98. The molecular formula is C13H23NO. The average molecular weight is 209 g/mol. The molecule has 1 aliphatic rings. The summed E-state index contributed by atoms with van der Waals surface area (Å²) in [4.78, 5) is 10.7. The highest BCUT2D eigenvalue weighted by atomic mass is 16.1. The van der Waals surface area contributed by atoms with Gasteiger partial charge in [-0.1, -0.05) is 33.3 Å². The number of carbonyl (C=O) groups is 1. The van der Waals surface area contributed by atoms with Crippen molar-refractivity contribution in [3.05, 3.63) is 12.2 Å². The second-order valence-corrected chi connectivity index (χ2v) is 5.43. The number of nitrogens with two attached hydrogens (primary N) is 1. The van der Waals surface area contributed by atoms with Crippen LogP contribution in [0.2, 0.25) is 0 Å². The van der Waals surface area contributed by atoms with E-state index < -0.39 is 0 Å². The summed E-state index contributed by atoms with van der Waals surface area (Å²) in [6.07, 6.45) is 8.49. The van der Waals surface area contributed by atoms with Crippen molar-refractivity contribution in [2.75, 3.05) is 0 Å². The lowest BCUT2D eigenvalue weighted by atomic mass is 9.65. The third-order valence-corrected chi connectivity index (χ3v) is 3.98. The maximum Gasteiger partial charge on any atom is 0.241 e. The van der Waals surface area contributed by atoms with E-state index in [1.807, 2.05) is 6.08 Å². The van der Waals surface area contributed by atoms with Crippen molar-refractivity contribution in [2.45, 2.75) is 46.5 Å². The molecule has 1 amide bonds. The van der Waals surface area contributed by atoms with E-state index >= 15 is 0 Å². The number of hydrogen-bond donors (Lipinski definition) is 1. The first-order valence-electron chi connectivity index (χ1n) is 5.92. The zero-order valence-electron chi connectivity index (χ0n) is 10.1. The summed E-state index contributed by atoms with van der Waals surface area (Å²) in [5, 5.41) is 0. The highest BCUT2D eigenvalue weighted by Gasteiger charge is 2.33. The van der Waals surface area contributed by atoms with Gasteiger partial charge in [-0.3, -0.25) is 4.79 Å². The predicted octanol–water partition coefficient (Wildman–Crippen LogP) is 2.88. The van der Waals surface area contributed by atoms with Crippen LogP contribution < -0.4 is 5.73 Å². The predicted molar refractivity (Wildman–Crippen MR) is 63.2 cm³/mol. The van der Waals surface area contributed by atoms with E-state index in [-0.39, 0.29) is 5.91 Å². The Hall–Kier alpha value is -0.790. The molecule has 15 heavy (non-hydrogen) atoms. The fourth-order valence-corrected chi connectivity index (χ4v) is 2.49. The number of amides is 1. The highest BCUT2D eigenvalue weighted by Crippen LogP contribution is 2.44. The molecule has 86 valence electrons. The molecule has 0 bridgehead atoms. The van der Waals surface area contributed by atoms with Crippen LogP contribution in [0.15, 0.2) is 12.2 Å². The summed E-state index contributed by atoms with van der Waals surface area (Å²) in [6.45, 7) is 6.95. The van der Waals surface area contributed by atoms with Crippen LogP contribution in [0.3, 0.4) is 0 Å². The van der Waals surface area contributed by atoms with Gasteiger partial charge in [-0.15, -0.1) is 0 Å². The summed E-state index contributed by atoms with van der Waals surface area (Å²) in [7, 11) is 0. The Morgan fingerprint density at radius 2 is 2.20 bits per heavy atom. The van der Waals surface area contributed by atoms with Gasteiger partial charge in [-0.2, -0.15) is 0 Å². The van der Waals surface area contributed by atoms with E-state index in [1.165, 1.54) is 31.8 Å². The Labute approximate surface area is 92.9 Å². The second kappa shape index (κ2) is 4.82. The molecule has 2 atom stereocenters. The summed E-state index contributed by atoms with van der Waals surface area (Å²) >= 11 is 0. The van der Waals surface area contributed by atoms with Crippen LogP contribution in [0.5, 0.6) is 0 Å². The molecular weight excluding hydrogens is 186 g/mol. The molecule has 1 rings (SSSR count). The van der Waals surface area contributed by atoms with Gasteiger partial charge < -0.3 is 5.73 Å². The van der Waals surface area contributed by atoms with Crippen molar-refractivity contribution in [2.24, 2.45) is 23.0 Å². The van der Waals surface area contributed by atoms with Crippen LogP contribution in [0, 0.1) is 17.3 Å². The molecule has 0 saturated heterocycles. The maximum atomic E-state index is 10.7. The molecule has 2 N–H and O–H groups in total. The summed E-state index contributed by atoms with van der Waals surface area (Å²) in [5.74, 6) is 0.924. The number of rotatable bonds is 3. The van der Waals surface area contributed by atoms with E-state index in [9.17, 15) is 4.79 Å². The minimum atomic E-state index is -0.327. The molecule has 0 radical (unpaired) electrons. The van der Waals surface area contributed by atoms with Gasteiger partial charge in [-0.25, -0.2) is 0 Å². The largest absolute Gasteiger partial charge is 0.366 e. The minimum Gasteiger partial charge on any atom is -0.366 e. The quantitative estimate of drug-likeness (QED) is 0.714. The van der Waals surface area contributed by atoms with Gasteiger partial charge in [0, 0.05) is 0 Å². The zero-order valence-corrected chi connectivity index (χ0v) is 10.1. The molecule has 1 fully saturated rings. The average Bonchev–Trinajstić information content (AvgIpc) is 2.15. The lowest BCUT2D eigenvalue weighted by Gasteiger charge is -2.40. The number of primary amides is 1. The second-order valence-electron chi connectivity index (χ2n) is 5.43. The van der Waals surface area contributed by atoms with Gasteiger partial charge in [0.2, 0.25) is 5.91 Å². The van der Waals surface area contributed by atoms with Crippen molar-refractivity contribution in [1.82, 2.24) is 0 Å². The Morgan fingerprint density at radius 3 is 2.73 bits per heavy atom. The van der Waals surface area contributed by atoms with Crippen molar-refractivity contribution in [3.63, 3.8) is 0 Å². The minimum absolute atomic E-state index is 0.327. The van der Waals surface area contributed by atoms with Gasteiger partial charge in [0.25, 0.3) is 0 Å². The SMILES string of the molecule is CC(C)C1(C)CCCC(C=CC(N)=O)C1. The fourth-order valence-electron chi connectivity index (χ4n) is 2.49. The zero-order chi connectivity index (χ0) is 11.5. The van der Waals surface area contributed by atoms with E-state index in [1.54, 1.807) is 0 Å². The van der Waals surface area contributed by atoms with E-state index in [4.69, 9.17) is 5.73 Å². The van der Waals surface area contributed by atoms with Crippen LogP contribution in [-0.2, 0) is 4.79 Å². The topological polar surface area (TPSA) is 43.1 Å². The van der Waals surface area contributed by atoms with E-state index in [0.29, 0.717) is 17.3 Å². The highest BCUT2D eigenvalue weighted by molar-refractivity contribution is 5.85. The van der Waals surface area contributed by atoms with Crippen LogP contribution in [0.1, 0.15) is 46.5 Å². The molecule has 0 aromatic carbocycles. The maximum absolute atomic E-state index is 10.7. The molecule has 0 heterocycles.